The number of aliphatic hydroxyl groups excluding tert-OH is 1. The number of aliphatic hydroxyl groups is 1. The van der Waals surface area contributed by atoms with E-state index in [1.54, 1.807) is 0 Å². The van der Waals surface area contributed by atoms with Crippen LogP contribution in [-0.4, -0.2) is 11.2 Å². The molecule has 0 spiro atoms. The lowest BCUT2D eigenvalue weighted by molar-refractivity contribution is -0.137. The van der Waals surface area contributed by atoms with Crippen molar-refractivity contribution < 1.29 is 18.3 Å². The molecule has 2 aromatic carbocycles. The lowest BCUT2D eigenvalue weighted by Crippen LogP contribution is -2.14. The summed E-state index contributed by atoms with van der Waals surface area (Å²) in [6, 6.07) is 12.8. The maximum Gasteiger partial charge on any atom is 0.416 e. The standard InChI is InChI=1S/C17H17F3O/c1-12-2-4-13(5-3-12)10-16(21)11-14-6-8-15(9-7-14)17(18,19)20/h2-9,16,21H,10-11H2,1H3. The Kier molecular flexibility index (Phi) is 4.68. The third kappa shape index (κ3) is 4.60. The van der Waals surface area contributed by atoms with Gasteiger partial charge in [-0.1, -0.05) is 42.0 Å². The molecule has 0 amide bonds. The quantitative estimate of drug-likeness (QED) is 0.897. The van der Waals surface area contributed by atoms with Crippen LogP contribution in [0, 0.1) is 6.92 Å². The fourth-order valence-electron chi connectivity index (χ4n) is 2.17. The van der Waals surface area contributed by atoms with Gasteiger partial charge in [-0.2, -0.15) is 13.2 Å². The maximum atomic E-state index is 12.5. The van der Waals surface area contributed by atoms with E-state index in [0.29, 0.717) is 18.4 Å². The van der Waals surface area contributed by atoms with Gasteiger partial charge in [-0.25, -0.2) is 0 Å². The summed E-state index contributed by atoms with van der Waals surface area (Å²) in [6.45, 7) is 1.99. The van der Waals surface area contributed by atoms with Gasteiger partial charge in [0.2, 0.25) is 0 Å². The van der Waals surface area contributed by atoms with Crippen molar-refractivity contribution >= 4 is 0 Å². The Morgan fingerprint density at radius 3 is 1.71 bits per heavy atom. The van der Waals surface area contributed by atoms with E-state index < -0.39 is 17.8 Å². The van der Waals surface area contributed by atoms with Crippen molar-refractivity contribution in [3.8, 4) is 0 Å². The first kappa shape index (κ1) is 15.6. The molecule has 1 unspecified atom stereocenters. The average Bonchev–Trinajstić information content (AvgIpc) is 2.41. The summed E-state index contributed by atoms with van der Waals surface area (Å²) >= 11 is 0. The molecule has 0 aliphatic carbocycles. The van der Waals surface area contributed by atoms with E-state index in [1.807, 2.05) is 31.2 Å². The molecule has 1 atom stereocenters. The molecule has 1 nitrogen and oxygen atoms in total. The van der Waals surface area contributed by atoms with Gasteiger partial charge in [0.1, 0.15) is 0 Å². The molecule has 0 heterocycles. The molecule has 0 saturated heterocycles. The summed E-state index contributed by atoms with van der Waals surface area (Å²) in [7, 11) is 0. The zero-order chi connectivity index (χ0) is 15.5. The molecule has 0 bridgehead atoms. The van der Waals surface area contributed by atoms with Gasteiger partial charge in [0.25, 0.3) is 0 Å². The third-order valence-corrected chi connectivity index (χ3v) is 3.34. The summed E-state index contributed by atoms with van der Waals surface area (Å²) in [4.78, 5) is 0. The molecule has 2 rings (SSSR count). The first-order chi connectivity index (χ1) is 9.84. The second kappa shape index (κ2) is 6.31. The highest BCUT2D eigenvalue weighted by molar-refractivity contribution is 5.26. The monoisotopic (exact) mass is 294 g/mol. The third-order valence-electron chi connectivity index (χ3n) is 3.34. The van der Waals surface area contributed by atoms with Gasteiger partial charge in [-0.15, -0.1) is 0 Å². The van der Waals surface area contributed by atoms with Crippen LogP contribution in [0.2, 0.25) is 0 Å². The predicted molar refractivity (Wildman–Crippen MR) is 76.0 cm³/mol. The molecule has 0 saturated carbocycles. The van der Waals surface area contributed by atoms with Gasteiger partial charge >= 0.3 is 6.18 Å². The van der Waals surface area contributed by atoms with Crippen LogP contribution < -0.4 is 0 Å². The van der Waals surface area contributed by atoms with Gasteiger partial charge in [-0.05, 0) is 43.0 Å². The largest absolute Gasteiger partial charge is 0.416 e. The summed E-state index contributed by atoms with van der Waals surface area (Å²) in [5.74, 6) is 0. The van der Waals surface area contributed by atoms with Gasteiger partial charge in [0, 0.05) is 0 Å². The second-order valence-corrected chi connectivity index (χ2v) is 5.24. The number of hydrogen-bond donors (Lipinski definition) is 1. The number of benzene rings is 2. The van der Waals surface area contributed by atoms with E-state index in [4.69, 9.17) is 0 Å². The molecule has 1 N–H and O–H groups in total. The molecule has 21 heavy (non-hydrogen) atoms. The van der Waals surface area contributed by atoms with Crippen LogP contribution in [0.25, 0.3) is 0 Å². The van der Waals surface area contributed by atoms with Crippen LogP contribution >= 0.6 is 0 Å². The van der Waals surface area contributed by atoms with Crippen LogP contribution in [0.5, 0.6) is 0 Å². The van der Waals surface area contributed by atoms with E-state index in [2.05, 4.69) is 0 Å². The number of rotatable bonds is 4. The van der Waals surface area contributed by atoms with E-state index in [1.165, 1.54) is 12.1 Å². The van der Waals surface area contributed by atoms with Gasteiger partial charge in [-0.3, -0.25) is 0 Å². The topological polar surface area (TPSA) is 20.2 Å². The van der Waals surface area contributed by atoms with Crippen LogP contribution in [0.15, 0.2) is 48.5 Å². The Bertz CT molecular complexity index is 570. The summed E-state index contributed by atoms with van der Waals surface area (Å²) in [6.07, 6.45) is -4.10. The van der Waals surface area contributed by atoms with E-state index in [0.717, 1.165) is 23.3 Å². The molecular weight excluding hydrogens is 277 g/mol. The van der Waals surface area contributed by atoms with Crippen molar-refractivity contribution in [2.45, 2.75) is 32.0 Å². The normalized spacial score (nSPS) is 13.2. The minimum absolute atomic E-state index is 0.339. The smallest absolute Gasteiger partial charge is 0.392 e. The SMILES string of the molecule is Cc1ccc(CC(O)Cc2ccc(C(F)(F)F)cc2)cc1. The number of alkyl halides is 3. The molecule has 0 aliphatic heterocycles. The molecule has 0 aliphatic rings. The summed E-state index contributed by atoms with van der Waals surface area (Å²) in [5, 5.41) is 10.0. The fourth-order valence-corrected chi connectivity index (χ4v) is 2.17. The van der Waals surface area contributed by atoms with E-state index in [-0.39, 0.29) is 0 Å². The van der Waals surface area contributed by atoms with Gasteiger partial charge < -0.3 is 5.11 Å². The Morgan fingerprint density at radius 1 is 0.857 bits per heavy atom. The Balaban J connectivity index is 1.96. The van der Waals surface area contributed by atoms with Crippen LogP contribution in [0.4, 0.5) is 13.2 Å². The lowest BCUT2D eigenvalue weighted by atomic mass is 10.00. The number of halogens is 3. The Morgan fingerprint density at radius 2 is 1.29 bits per heavy atom. The minimum Gasteiger partial charge on any atom is -0.392 e. The molecule has 0 aromatic heterocycles. The zero-order valence-corrected chi connectivity index (χ0v) is 11.7. The van der Waals surface area contributed by atoms with Gasteiger partial charge in [0.15, 0.2) is 0 Å². The second-order valence-electron chi connectivity index (χ2n) is 5.24. The average molecular weight is 294 g/mol. The number of hydrogen-bond acceptors (Lipinski definition) is 1. The molecule has 4 heteroatoms. The molecule has 2 aromatic rings. The van der Waals surface area contributed by atoms with E-state index >= 15 is 0 Å². The molecule has 0 radical (unpaired) electrons. The van der Waals surface area contributed by atoms with Crippen LogP contribution in [0.1, 0.15) is 22.3 Å². The fraction of sp³-hybridized carbons (Fsp3) is 0.294. The van der Waals surface area contributed by atoms with Crippen molar-refractivity contribution in [1.29, 1.82) is 0 Å². The first-order valence-electron chi connectivity index (χ1n) is 6.74. The van der Waals surface area contributed by atoms with Crippen molar-refractivity contribution in [2.24, 2.45) is 0 Å². The summed E-state index contributed by atoms with van der Waals surface area (Å²) in [5.41, 5.74) is 2.19. The summed E-state index contributed by atoms with van der Waals surface area (Å²) < 4.78 is 37.4. The van der Waals surface area contributed by atoms with Crippen molar-refractivity contribution in [2.75, 3.05) is 0 Å². The number of aryl methyl sites for hydroxylation is 1. The molecular formula is C17H17F3O. The highest BCUT2D eigenvalue weighted by atomic mass is 19.4. The van der Waals surface area contributed by atoms with Crippen molar-refractivity contribution in [1.82, 2.24) is 0 Å². The van der Waals surface area contributed by atoms with Crippen molar-refractivity contribution in [3.05, 3.63) is 70.8 Å². The first-order valence-corrected chi connectivity index (χ1v) is 6.74. The van der Waals surface area contributed by atoms with Crippen molar-refractivity contribution in [3.63, 3.8) is 0 Å². The predicted octanol–water partition coefficient (Wildman–Crippen LogP) is 4.16. The van der Waals surface area contributed by atoms with Gasteiger partial charge in [0.05, 0.1) is 11.7 Å². The Hall–Kier alpha value is -1.81. The van der Waals surface area contributed by atoms with Crippen LogP contribution in [0.3, 0.4) is 0 Å². The maximum absolute atomic E-state index is 12.5. The Labute approximate surface area is 122 Å². The molecule has 112 valence electrons. The lowest BCUT2D eigenvalue weighted by Gasteiger charge is -2.12. The highest BCUT2D eigenvalue weighted by Crippen LogP contribution is 2.29. The van der Waals surface area contributed by atoms with E-state index in [9.17, 15) is 18.3 Å². The van der Waals surface area contributed by atoms with Crippen LogP contribution in [-0.2, 0) is 19.0 Å². The minimum atomic E-state index is -4.32. The molecule has 0 fully saturated rings. The zero-order valence-electron chi connectivity index (χ0n) is 11.7. The highest BCUT2D eigenvalue weighted by Gasteiger charge is 2.29.